The predicted molar refractivity (Wildman–Crippen MR) is 100 cm³/mol. The topological polar surface area (TPSA) is 110 Å². The van der Waals surface area contributed by atoms with Gasteiger partial charge in [-0.2, -0.15) is 0 Å². The lowest BCUT2D eigenvalue weighted by Gasteiger charge is -2.13. The molecule has 0 aliphatic heterocycles. The Labute approximate surface area is 161 Å². The number of amides is 3. The van der Waals surface area contributed by atoms with Gasteiger partial charge in [0.1, 0.15) is 5.76 Å². The molecule has 0 aromatic carbocycles. The van der Waals surface area contributed by atoms with Crippen LogP contribution in [0.4, 0.5) is 4.79 Å². The second kappa shape index (κ2) is 9.40. The molecule has 2 N–H and O–H groups in total. The molecule has 1 aliphatic carbocycles. The minimum Gasteiger partial charge on any atom is -0.469 e. The maximum Gasteiger partial charge on any atom is 0.321 e. The summed E-state index contributed by atoms with van der Waals surface area (Å²) in [6.07, 6.45) is 9.29. The van der Waals surface area contributed by atoms with Gasteiger partial charge in [0.25, 0.3) is 11.1 Å². The summed E-state index contributed by atoms with van der Waals surface area (Å²) in [4.78, 5) is 23.6. The number of nitrogens with zero attached hydrogens (tertiary/aromatic N) is 2. The molecule has 0 saturated carbocycles. The molecule has 0 saturated heterocycles. The van der Waals surface area contributed by atoms with Crippen LogP contribution in [0.2, 0.25) is 0 Å². The first-order chi connectivity index (χ1) is 13.1. The normalized spacial score (nSPS) is 13.9. The Balaban J connectivity index is 1.37. The second-order valence-electron chi connectivity index (χ2n) is 6.21. The third-order valence-corrected chi connectivity index (χ3v) is 5.01. The highest BCUT2D eigenvalue weighted by molar-refractivity contribution is 7.99. The van der Waals surface area contributed by atoms with E-state index in [0.29, 0.717) is 23.8 Å². The third-order valence-electron chi connectivity index (χ3n) is 4.19. The molecule has 0 radical (unpaired) electrons. The van der Waals surface area contributed by atoms with Gasteiger partial charge in [-0.1, -0.05) is 23.4 Å². The minimum atomic E-state index is -0.489. The molecule has 0 unspecified atom stereocenters. The van der Waals surface area contributed by atoms with Gasteiger partial charge >= 0.3 is 6.03 Å². The van der Waals surface area contributed by atoms with Crippen LogP contribution >= 0.6 is 11.8 Å². The number of allylic oxidation sites excluding steroid dienone is 1. The highest BCUT2D eigenvalue weighted by Gasteiger charge is 2.15. The number of carbonyl (C=O) groups excluding carboxylic acids is 2. The van der Waals surface area contributed by atoms with Crippen LogP contribution in [0, 0.1) is 6.92 Å². The molecule has 8 nitrogen and oxygen atoms in total. The fourth-order valence-electron chi connectivity index (χ4n) is 2.79. The quantitative estimate of drug-likeness (QED) is 0.550. The van der Waals surface area contributed by atoms with Crippen LogP contribution in [0.15, 0.2) is 38.0 Å². The monoisotopic (exact) mass is 390 g/mol. The number of hydrogen-bond donors (Lipinski definition) is 2. The average molecular weight is 390 g/mol. The molecule has 9 heteroatoms. The minimum absolute atomic E-state index is 0.00454. The third kappa shape index (κ3) is 5.72. The van der Waals surface area contributed by atoms with Crippen molar-refractivity contribution in [1.82, 2.24) is 20.8 Å². The molecule has 2 aromatic heterocycles. The van der Waals surface area contributed by atoms with Crippen molar-refractivity contribution in [1.29, 1.82) is 0 Å². The van der Waals surface area contributed by atoms with Gasteiger partial charge in [-0.3, -0.25) is 10.1 Å². The van der Waals surface area contributed by atoms with Crippen molar-refractivity contribution in [3.05, 3.63) is 29.7 Å². The van der Waals surface area contributed by atoms with Crippen molar-refractivity contribution in [2.45, 2.75) is 44.3 Å². The van der Waals surface area contributed by atoms with E-state index >= 15 is 0 Å². The first kappa shape index (κ1) is 19.2. The van der Waals surface area contributed by atoms with Crippen LogP contribution in [-0.2, 0) is 4.79 Å². The molecule has 27 heavy (non-hydrogen) atoms. The van der Waals surface area contributed by atoms with Gasteiger partial charge in [0.2, 0.25) is 5.91 Å². The molecule has 0 bridgehead atoms. The zero-order chi connectivity index (χ0) is 19.1. The molecule has 0 fully saturated rings. The molecule has 144 valence electrons. The molecular weight excluding hydrogens is 368 g/mol. The summed E-state index contributed by atoms with van der Waals surface area (Å²) in [6, 6.07) is 1.25. The number of rotatable bonds is 7. The lowest BCUT2D eigenvalue weighted by Crippen LogP contribution is -2.40. The molecule has 1 aliphatic rings. The maximum absolute atomic E-state index is 11.9. The Hall–Kier alpha value is -2.55. The smallest absolute Gasteiger partial charge is 0.321 e. The number of aromatic nitrogens is 2. The van der Waals surface area contributed by atoms with Crippen molar-refractivity contribution in [3.8, 4) is 11.5 Å². The number of nitrogens with one attached hydrogen (secondary N) is 2. The van der Waals surface area contributed by atoms with Gasteiger partial charge in [0, 0.05) is 6.54 Å². The van der Waals surface area contributed by atoms with E-state index in [1.54, 1.807) is 19.3 Å². The SMILES string of the molecule is Cc1occc1-c1nnc(SCC(=O)NC(=O)NCCC2=CCCCC2)o1. The van der Waals surface area contributed by atoms with Crippen LogP contribution in [0.1, 0.15) is 37.9 Å². The number of urea groups is 1. The molecular formula is C18H22N4O4S. The Morgan fingerprint density at radius 2 is 2.19 bits per heavy atom. The predicted octanol–water partition coefficient (Wildman–Crippen LogP) is 3.45. The van der Waals surface area contributed by atoms with Gasteiger partial charge in [-0.15, -0.1) is 10.2 Å². The molecule has 3 amide bonds. The van der Waals surface area contributed by atoms with Crippen LogP contribution in [0.5, 0.6) is 0 Å². The largest absolute Gasteiger partial charge is 0.469 e. The van der Waals surface area contributed by atoms with E-state index in [1.807, 2.05) is 0 Å². The van der Waals surface area contributed by atoms with Gasteiger partial charge in [-0.25, -0.2) is 4.79 Å². The van der Waals surface area contributed by atoms with Gasteiger partial charge in [-0.05, 0) is 45.1 Å². The highest BCUT2D eigenvalue weighted by atomic mass is 32.2. The summed E-state index contributed by atoms with van der Waals surface area (Å²) in [5, 5.41) is 13.1. The molecule has 3 rings (SSSR count). The van der Waals surface area contributed by atoms with E-state index in [0.717, 1.165) is 31.0 Å². The fourth-order valence-corrected chi connectivity index (χ4v) is 3.35. The number of carbonyl (C=O) groups is 2. The van der Waals surface area contributed by atoms with Crippen LogP contribution < -0.4 is 10.6 Å². The summed E-state index contributed by atoms with van der Waals surface area (Å²) in [5.41, 5.74) is 2.09. The van der Waals surface area contributed by atoms with E-state index < -0.39 is 11.9 Å². The van der Waals surface area contributed by atoms with Gasteiger partial charge < -0.3 is 14.2 Å². The summed E-state index contributed by atoms with van der Waals surface area (Å²) in [6.45, 7) is 2.32. The average Bonchev–Trinajstić information content (AvgIpc) is 3.29. The molecule has 0 atom stereocenters. The van der Waals surface area contributed by atoms with Gasteiger partial charge in [0.15, 0.2) is 0 Å². The maximum atomic E-state index is 11.9. The number of thioether (sulfide) groups is 1. The van der Waals surface area contributed by atoms with Crippen LogP contribution in [0.3, 0.4) is 0 Å². The standard InChI is InChI=1S/C18H22N4O4S/c1-12-14(8-10-25-12)16-21-22-18(26-16)27-11-15(23)20-17(24)19-9-7-13-5-3-2-4-6-13/h5,8,10H,2-4,6-7,9,11H2,1H3,(H2,19,20,23,24). The molecule has 2 heterocycles. The van der Waals surface area contributed by atoms with Crippen molar-refractivity contribution in [2.75, 3.05) is 12.3 Å². The van der Waals surface area contributed by atoms with Crippen LogP contribution in [0.25, 0.3) is 11.5 Å². The van der Waals surface area contributed by atoms with E-state index in [1.165, 1.54) is 18.4 Å². The van der Waals surface area contributed by atoms with Crippen LogP contribution in [-0.4, -0.2) is 34.4 Å². The summed E-state index contributed by atoms with van der Waals surface area (Å²) >= 11 is 1.07. The number of aryl methyl sites for hydroxylation is 1. The van der Waals surface area contributed by atoms with E-state index in [-0.39, 0.29) is 11.0 Å². The Morgan fingerprint density at radius 1 is 1.30 bits per heavy atom. The zero-order valence-corrected chi connectivity index (χ0v) is 15.9. The van der Waals surface area contributed by atoms with Crippen molar-refractivity contribution < 1.29 is 18.4 Å². The summed E-state index contributed by atoms with van der Waals surface area (Å²) in [7, 11) is 0. The lowest BCUT2D eigenvalue weighted by molar-refractivity contribution is -0.117. The number of furan rings is 1. The number of hydrogen-bond acceptors (Lipinski definition) is 7. The van der Waals surface area contributed by atoms with E-state index in [4.69, 9.17) is 8.83 Å². The first-order valence-corrected chi connectivity index (χ1v) is 9.87. The Kier molecular flexibility index (Phi) is 6.69. The van der Waals surface area contributed by atoms with Crippen molar-refractivity contribution in [2.24, 2.45) is 0 Å². The summed E-state index contributed by atoms with van der Waals surface area (Å²) in [5.74, 6) is 0.589. The second-order valence-corrected chi connectivity index (χ2v) is 7.14. The van der Waals surface area contributed by atoms with E-state index in [2.05, 4.69) is 26.9 Å². The fraction of sp³-hybridized carbons (Fsp3) is 0.444. The molecule has 0 spiro atoms. The van der Waals surface area contributed by atoms with Crippen molar-refractivity contribution in [3.63, 3.8) is 0 Å². The summed E-state index contributed by atoms with van der Waals surface area (Å²) < 4.78 is 10.7. The number of imide groups is 1. The Morgan fingerprint density at radius 3 is 2.93 bits per heavy atom. The highest BCUT2D eigenvalue weighted by Crippen LogP contribution is 2.26. The molecule has 2 aromatic rings. The zero-order valence-electron chi connectivity index (χ0n) is 15.1. The van der Waals surface area contributed by atoms with Gasteiger partial charge in [0.05, 0.1) is 17.6 Å². The Bertz CT molecular complexity index is 827. The van der Waals surface area contributed by atoms with E-state index in [9.17, 15) is 9.59 Å². The van der Waals surface area contributed by atoms with Crippen molar-refractivity contribution >= 4 is 23.7 Å². The first-order valence-electron chi connectivity index (χ1n) is 8.88. The lowest BCUT2D eigenvalue weighted by atomic mass is 9.97.